The monoisotopic (exact) mass is 303 g/mol. The number of fused-ring (bicyclic) bond motifs is 1. The summed E-state index contributed by atoms with van der Waals surface area (Å²) in [5, 5.41) is 10.8. The van der Waals surface area contributed by atoms with Gasteiger partial charge in [-0.2, -0.15) is 0 Å². The normalized spacial score (nSPS) is 13.0. The number of non-ortho nitro benzene ring substituents is 1. The van der Waals surface area contributed by atoms with Gasteiger partial charge in [-0.05, 0) is 48.6 Å². The van der Waals surface area contributed by atoms with Gasteiger partial charge in [-0.15, -0.1) is 11.6 Å². The molecule has 5 heteroatoms. The Morgan fingerprint density at radius 3 is 2.71 bits per heavy atom. The van der Waals surface area contributed by atoms with Gasteiger partial charge in [-0.3, -0.25) is 10.1 Å². The number of aryl methyl sites for hydroxylation is 2. The average molecular weight is 304 g/mol. The molecular weight excluding hydrogens is 290 g/mol. The molecule has 0 heterocycles. The minimum absolute atomic E-state index is 0.0203. The van der Waals surface area contributed by atoms with Crippen molar-refractivity contribution in [1.29, 1.82) is 0 Å². The molecule has 0 amide bonds. The van der Waals surface area contributed by atoms with Crippen LogP contribution >= 0.6 is 11.6 Å². The molecule has 4 nitrogen and oxygen atoms in total. The van der Waals surface area contributed by atoms with E-state index in [4.69, 9.17) is 16.3 Å². The summed E-state index contributed by atoms with van der Waals surface area (Å²) in [5.74, 6) is 1.48. The van der Waals surface area contributed by atoms with E-state index in [1.807, 2.05) is 12.1 Å². The van der Waals surface area contributed by atoms with E-state index >= 15 is 0 Å². The predicted molar refractivity (Wildman–Crippen MR) is 81.2 cm³/mol. The third kappa shape index (κ3) is 2.85. The third-order valence-electron chi connectivity index (χ3n) is 3.70. The van der Waals surface area contributed by atoms with Crippen LogP contribution in [-0.2, 0) is 18.7 Å². The largest absolute Gasteiger partial charge is 0.457 e. The first kappa shape index (κ1) is 13.9. The zero-order chi connectivity index (χ0) is 14.8. The van der Waals surface area contributed by atoms with Gasteiger partial charge in [0.15, 0.2) is 0 Å². The highest BCUT2D eigenvalue weighted by molar-refractivity contribution is 6.17. The van der Waals surface area contributed by atoms with Gasteiger partial charge in [0, 0.05) is 17.7 Å². The first-order valence-electron chi connectivity index (χ1n) is 6.80. The highest BCUT2D eigenvalue weighted by Gasteiger charge is 2.14. The number of nitro benzene ring substituents is 1. The molecule has 1 aliphatic carbocycles. The maximum Gasteiger partial charge on any atom is 0.270 e. The topological polar surface area (TPSA) is 52.4 Å². The fourth-order valence-electron chi connectivity index (χ4n) is 2.62. The number of alkyl halides is 1. The van der Waals surface area contributed by atoms with Crippen LogP contribution < -0.4 is 4.74 Å². The zero-order valence-corrected chi connectivity index (χ0v) is 12.1. The van der Waals surface area contributed by atoms with Gasteiger partial charge in [-0.25, -0.2) is 0 Å². The number of hydrogen-bond donors (Lipinski definition) is 0. The average Bonchev–Trinajstić information content (AvgIpc) is 2.95. The summed E-state index contributed by atoms with van der Waals surface area (Å²) in [5.41, 5.74) is 3.34. The van der Waals surface area contributed by atoms with E-state index in [1.165, 1.54) is 29.7 Å². The van der Waals surface area contributed by atoms with Crippen LogP contribution in [0, 0.1) is 10.1 Å². The summed E-state index contributed by atoms with van der Waals surface area (Å²) >= 11 is 5.87. The van der Waals surface area contributed by atoms with E-state index in [2.05, 4.69) is 6.07 Å². The minimum atomic E-state index is -0.435. The molecule has 21 heavy (non-hydrogen) atoms. The van der Waals surface area contributed by atoms with E-state index in [0.29, 0.717) is 11.3 Å². The summed E-state index contributed by atoms with van der Waals surface area (Å²) in [6.07, 6.45) is 3.39. The summed E-state index contributed by atoms with van der Waals surface area (Å²) < 4.78 is 5.85. The molecule has 0 bridgehead atoms. The van der Waals surface area contributed by atoms with Crippen molar-refractivity contribution in [3.8, 4) is 11.5 Å². The van der Waals surface area contributed by atoms with E-state index < -0.39 is 4.92 Å². The number of rotatable bonds is 4. The van der Waals surface area contributed by atoms with E-state index in [1.54, 1.807) is 6.07 Å². The number of halogens is 1. The fraction of sp³-hybridized carbons (Fsp3) is 0.250. The van der Waals surface area contributed by atoms with Crippen LogP contribution in [0.4, 0.5) is 5.69 Å². The zero-order valence-electron chi connectivity index (χ0n) is 11.3. The summed E-state index contributed by atoms with van der Waals surface area (Å²) in [7, 11) is 0. The van der Waals surface area contributed by atoms with Crippen LogP contribution in [0.1, 0.15) is 23.1 Å². The number of ether oxygens (including phenoxy) is 1. The van der Waals surface area contributed by atoms with Crippen LogP contribution in [-0.4, -0.2) is 4.92 Å². The number of benzene rings is 2. The molecule has 0 spiro atoms. The second kappa shape index (κ2) is 5.74. The van der Waals surface area contributed by atoms with Gasteiger partial charge in [0.2, 0.25) is 0 Å². The van der Waals surface area contributed by atoms with Crippen molar-refractivity contribution >= 4 is 17.3 Å². The minimum Gasteiger partial charge on any atom is -0.457 e. The highest BCUT2D eigenvalue weighted by atomic mass is 35.5. The number of hydrogen-bond acceptors (Lipinski definition) is 3. The van der Waals surface area contributed by atoms with Crippen LogP contribution in [0.3, 0.4) is 0 Å². The Kier molecular flexibility index (Phi) is 3.80. The quantitative estimate of drug-likeness (QED) is 0.470. The van der Waals surface area contributed by atoms with Gasteiger partial charge in [-0.1, -0.05) is 6.07 Å². The maximum atomic E-state index is 10.8. The van der Waals surface area contributed by atoms with E-state index in [0.717, 1.165) is 18.6 Å². The molecule has 0 saturated heterocycles. The fourth-order valence-corrected chi connectivity index (χ4v) is 2.83. The van der Waals surface area contributed by atoms with Crippen LogP contribution in [0.15, 0.2) is 36.4 Å². The Labute approximate surface area is 127 Å². The summed E-state index contributed by atoms with van der Waals surface area (Å²) in [6.45, 7) is 0. The SMILES string of the molecule is O=[N+]([O-])c1ccc(Oc2ccc3c(c2)CCC3)c(CCl)c1. The van der Waals surface area contributed by atoms with Gasteiger partial charge >= 0.3 is 0 Å². The summed E-state index contributed by atoms with van der Waals surface area (Å²) in [6, 6.07) is 10.5. The van der Waals surface area contributed by atoms with Gasteiger partial charge < -0.3 is 4.74 Å². The molecule has 108 valence electrons. The van der Waals surface area contributed by atoms with Crippen LogP contribution in [0.2, 0.25) is 0 Å². The van der Waals surface area contributed by atoms with Crippen molar-refractivity contribution < 1.29 is 9.66 Å². The first-order valence-corrected chi connectivity index (χ1v) is 7.34. The molecule has 0 N–H and O–H groups in total. The molecule has 2 aromatic carbocycles. The van der Waals surface area contributed by atoms with Gasteiger partial charge in [0.05, 0.1) is 10.8 Å². The number of nitrogens with zero attached hydrogens (tertiary/aromatic N) is 1. The van der Waals surface area contributed by atoms with E-state index in [-0.39, 0.29) is 11.6 Å². The first-order chi connectivity index (χ1) is 10.2. The molecule has 0 unspecified atom stereocenters. The Morgan fingerprint density at radius 1 is 1.14 bits per heavy atom. The number of nitro groups is 1. The lowest BCUT2D eigenvalue weighted by atomic mass is 10.1. The Balaban J connectivity index is 1.89. The Morgan fingerprint density at radius 2 is 1.95 bits per heavy atom. The van der Waals surface area contributed by atoms with Crippen LogP contribution in [0.5, 0.6) is 11.5 Å². The maximum absolute atomic E-state index is 10.8. The van der Waals surface area contributed by atoms with Crippen molar-refractivity contribution in [2.45, 2.75) is 25.1 Å². The second-order valence-electron chi connectivity index (χ2n) is 5.07. The third-order valence-corrected chi connectivity index (χ3v) is 3.98. The van der Waals surface area contributed by atoms with Crippen molar-refractivity contribution in [1.82, 2.24) is 0 Å². The van der Waals surface area contributed by atoms with Crippen LogP contribution in [0.25, 0.3) is 0 Å². The molecule has 0 atom stereocenters. The molecule has 1 aliphatic rings. The molecule has 0 saturated carbocycles. The molecule has 0 aliphatic heterocycles. The van der Waals surface area contributed by atoms with Gasteiger partial charge in [0.1, 0.15) is 11.5 Å². The van der Waals surface area contributed by atoms with E-state index in [9.17, 15) is 10.1 Å². The smallest absolute Gasteiger partial charge is 0.270 e. The Bertz CT molecular complexity index is 700. The molecular formula is C16H14ClNO3. The standard InChI is InChI=1S/C16H14ClNO3/c17-10-13-8-14(18(19)20)5-7-16(13)21-15-6-4-11-2-1-3-12(11)9-15/h4-9H,1-3,10H2. The summed E-state index contributed by atoms with van der Waals surface area (Å²) in [4.78, 5) is 10.4. The molecule has 2 aromatic rings. The lowest BCUT2D eigenvalue weighted by molar-refractivity contribution is -0.384. The Hall–Kier alpha value is -2.07. The molecule has 0 fully saturated rings. The van der Waals surface area contributed by atoms with Crippen molar-refractivity contribution in [3.05, 3.63) is 63.2 Å². The molecule has 0 aromatic heterocycles. The van der Waals surface area contributed by atoms with Crippen molar-refractivity contribution in [2.75, 3.05) is 0 Å². The highest BCUT2D eigenvalue weighted by Crippen LogP contribution is 2.32. The van der Waals surface area contributed by atoms with Crippen molar-refractivity contribution in [2.24, 2.45) is 0 Å². The van der Waals surface area contributed by atoms with Crippen molar-refractivity contribution in [3.63, 3.8) is 0 Å². The lowest BCUT2D eigenvalue weighted by Crippen LogP contribution is -1.94. The lowest BCUT2D eigenvalue weighted by Gasteiger charge is -2.10. The second-order valence-corrected chi connectivity index (χ2v) is 5.34. The van der Waals surface area contributed by atoms with Gasteiger partial charge in [0.25, 0.3) is 5.69 Å². The molecule has 0 radical (unpaired) electrons. The predicted octanol–water partition coefficient (Wildman–Crippen LogP) is 4.61. The molecule has 3 rings (SSSR count).